The molecule has 0 heterocycles. The molecule has 1 N–H and O–H groups in total. The highest BCUT2D eigenvalue weighted by molar-refractivity contribution is 7.75. The third-order valence-corrected chi connectivity index (χ3v) is 1.47. The molecule has 1 aromatic rings. The van der Waals surface area contributed by atoms with Crippen LogP contribution < -0.4 is 4.18 Å². The SMILES string of the molecule is O=[N+]([O-])c1cccc(OS)c1O. The van der Waals surface area contributed by atoms with Crippen LogP contribution in [0.3, 0.4) is 0 Å². The van der Waals surface area contributed by atoms with Crippen LogP contribution >= 0.6 is 12.9 Å². The molecule has 1 rings (SSSR count). The lowest BCUT2D eigenvalue weighted by Crippen LogP contribution is -1.89. The predicted molar refractivity (Wildman–Crippen MR) is 44.4 cm³/mol. The van der Waals surface area contributed by atoms with E-state index in [2.05, 4.69) is 17.1 Å². The van der Waals surface area contributed by atoms with Gasteiger partial charge in [-0.2, -0.15) is 0 Å². The average molecular weight is 187 g/mol. The number of hydrogen-bond acceptors (Lipinski definition) is 5. The first-order chi connectivity index (χ1) is 5.66. The molecule has 0 unspecified atom stereocenters. The van der Waals surface area contributed by atoms with Gasteiger partial charge in [0.1, 0.15) is 0 Å². The molecule has 0 saturated carbocycles. The molecule has 0 spiro atoms. The zero-order valence-corrected chi connectivity index (χ0v) is 6.69. The van der Waals surface area contributed by atoms with Crippen molar-refractivity contribution in [3.63, 3.8) is 0 Å². The number of hydrogen-bond donors (Lipinski definition) is 2. The van der Waals surface area contributed by atoms with Gasteiger partial charge in [-0.15, -0.1) is 0 Å². The summed E-state index contributed by atoms with van der Waals surface area (Å²) in [6.07, 6.45) is 0. The van der Waals surface area contributed by atoms with Crippen LogP contribution in [0.15, 0.2) is 18.2 Å². The lowest BCUT2D eigenvalue weighted by atomic mass is 10.3. The maximum absolute atomic E-state index is 10.3. The number of rotatable bonds is 2. The van der Waals surface area contributed by atoms with Crippen molar-refractivity contribution in [1.82, 2.24) is 0 Å². The minimum atomic E-state index is -0.703. The van der Waals surface area contributed by atoms with Crippen LogP contribution in [0.4, 0.5) is 5.69 Å². The number of thiol groups is 1. The van der Waals surface area contributed by atoms with Crippen molar-refractivity contribution in [2.75, 3.05) is 0 Å². The second kappa shape index (κ2) is 3.31. The highest BCUT2D eigenvalue weighted by atomic mass is 32.1. The Morgan fingerprint density at radius 1 is 1.58 bits per heavy atom. The zero-order chi connectivity index (χ0) is 9.14. The summed E-state index contributed by atoms with van der Waals surface area (Å²) >= 11 is 3.41. The molecule has 0 bridgehead atoms. The molecule has 0 saturated heterocycles. The van der Waals surface area contributed by atoms with Crippen molar-refractivity contribution < 1.29 is 14.2 Å². The van der Waals surface area contributed by atoms with Crippen molar-refractivity contribution in [3.8, 4) is 11.5 Å². The van der Waals surface area contributed by atoms with Crippen LogP contribution in [0.5, 0.6) is 11.5 Å². The Labute approximate surface area is 73.4 Å². The minimum Gasteiger partial charge on any atom is -0.499 e. The van der Waals surface area contributed by atoms with Gasteiger partial charge in [0.15, 0.2) is 5.75 Å². The minimum absolute atomic E-state index is 0.0347. The first kappa shape index (κ1) is 8.66. The smallest absolute Gasteiger partial charge is 0.314 e. The van der Waals surface area contributed by atoms with E-state index in [1.165, 1.54) is 18.2 Å². The van der Waals surface area contributed by atoms with Gasteiger partial charge in [0.25, 0.3) is 0 Å². The van der Waals surface area contributed by atoms with Gasteiger partial charge >= 0.3 is 5.69 Å². The highest BCUT2D eigenvalue weighted by Gasteiger charge is 2.16. The number of phenolic OH excluding ortho intramolecular Hbond substituents is 1. The Bertz CT molecular complexity index is 314. The molecule has 64 valence electrons. The van der Waals surface area contributed by atoms with Gasteiger partial charge in [0.2, 0.25) is 5.75 Å². The van der Waals surface area contributed by atoms with Gasteiger partial charge in [0.05, 0.1) is 4.92 Å². The highest BCUT2D eigenvalue weighted by Crippen LogP contribution is 2.35. The van der Waals surface area contributed by atoms with Gasteiger partial charge in [-0.05, 0) is 6.07 Å². The van der Waals surface area contributed by atoms with E-state index in [0.717, 1.165) is 0 Å². The number of nitrogens with zero attached hydrogens (tertiary/aromatic N) is 1. The average Bonchev–Trinajstić information content (AvgIpc) is 2.04. The monoisotopic (exact) mass is 187 g/mol. The molecular formula is C6H5NO4S. The van der Waals surface area contributed by atoms with Crippen molar-refractivity contribution in [2.45, 2.75) is 0 Å². The van der Waals surface area contributed by atoms with Gasteiger partial charge in [0, 0.05) is 19.0 Å². The summed E-state index contributed by atoms with van der Waals surface area (Å²) in [5, 5.41) is 19.4. The predicted octanol–water partition coefficient (Wildman–Crippen LogP) is 1.52. The van der Waals surface area contributed by atoms with Crippen LogP contribution in [0, 0.1) is 10.1 Å². The topological polar surface area (TPSA) is 72.6 Å². The lowest BCUT2D eigenvalue weighted by Gasteiger charge is -2.00. The zero-order valence-electron chi connectivity index (χ0n) is 5.80. The van der Waals surface area contributed by atoms with Crippen molar-refractivity contribution in [2.24, 2.45) is 0 Å². The molecule has 0 amide bonds. The molecule has 0 atom stereocenters. The quantitative estimate of drug-likeness (QED) is 0.318. The van der Waals surface area contributed by atoms with E-state index < -0.39 is 16.4 Å². The third kappa shape index (κ3) is 1.42. The third-order valence-electron chi connectivity index (χ3n) is 1.27. The molecule has 5 nitrogen and oxygen atoms in total. The summed E-state index contributed by atoms with van der Waals surface area (Å²) < 4.78 is 4.38. The first-order valence-electron chi connectivity index (χ1n) is 2.94. The summed E-state index contributed by atoms with van der Waals surface area (Å²) in [6.45, 7) is 0. The summed E-state index contributed by atoms with van der Waals surface area (Å²) in [5.41, 5.74) is -0.401. The standard InChI is InChI=1S/C6H5NO4S/c8-6-4(7(9)10)2-1-3-5(6)11-12/h1-3,8,12H. The number of para-hydroxylation sites is 1. The Balaban J connectivity index is 3.23. The van der Waals surface area contributed by atoms with E-state index >= 15 is 0 Å². The molecule has 0 fully saturated rings. The largest absolute Gasteiger partial charge is 0.499 e. The second-order valence-corrected chi connectivity index (χ2v) is 2.15. The van der Waals surface area contributed by atoms with E-state index in [-0.39, 0.29) is 5.75 Å². The maximum Gasteiger partial charge on any atom is 0.314 e. The summed E-state index contributed by atoms with van der Waals surface area (Å²) in [5.74, 6) is -0.551. The number of phenols is 1. The fourth-order valence-electron chi connectivity index (χ4n) is 0.732. The molecule has 1 aromatic carbocycles. The number of aromatic hydroxyl groups is 1. The van der Waals surface area contributed by atoms with Crippen LogP contribution in [0.1, 0.15) is 0 Å². The molecule has 6 heteroatoms. The van der Waals surface area contributed by atoms with E-state index in [1.807, 2.05) is 0 Å². The lowest BCUT2D eigenvalue weighted by molar-refractivity contribution is -0.385. The summed E-state index contributed by atoms with van der Waals surface area (Å²) in [4.78, 5) is 9.55. The van der Waals surface area contributed by atoms with Gasteiger partial charge < -0.3 is 9.29 Å². The van der Waals surface area contributed by atoms with E-state index in [9.17, 15) is 10.1 Å². The number of benzene rings is 1. The molecule has 0 aliphatic carbocycles. The molecule has 12 heavy (non-hydrogen) atoms. The van der Waals surface area contributed by atoms with Crippen LogP contribution in [-0.4, -0.2) is 10.0 Å². The van der Waals surface area contributed by atoms with E-state index in [1.54, 1.807) is 0 Å². The first-order valence-corrected chi connectivity index (χ1v) is 3.31. The van der Waals surface area contributed by atoms with E-state index in [4.69, 9.17) is 5.11 Å². The van der Waals surface area contributed by atoms with Crippen LogP contribution in [0.2, 0.25) is 0 Å². The fourth-order valence-corrected chi connectivity index (χ4v) is 0.879. The fraction of sp³-hybridized carbons (Fsp3) is 0. The van der Waals surface area contributed by atoms with Crippen molar-refractivity contribution >= 4 is 18.6 Å². The number of nitro benzene ring substituents is 1. The Hall–Kier alpha value is -1.43. The van der Waals surface area contributed by atoms with Gasteiger partial charge in [-0.25, -0.2) is 0 Å². The summed E-state index contributed by atoms with van der Waals surface area (Å²) in [7, 11) is 0. The molecule has 0 aliphatic rings. The van der Waals surface area contributed by atoms with Gasteiger partial charge in [-0.3, -0.25) is 10.1 Å². The molecule has 0 aromatic heterocycles. The van der Waals surface area contributed by atoms with Crippen molar-refractivity contribution in [3.05, 3.63) is 28.3 Å². The molecule has 0 radical (unpaired) electrons. The Morgan fingerprint density at radius 3 is 2.75 bits per heavy atom. The second-order valence-electron chi connectivity index (χ2n) is 1.97. The summed E-state index contributed by atoms with van der Waals surface area (Å²) in [6, 6.07) is 3.93. The molecular weight excluding hydrogens is 182 g/mol. The van der Waals surface area contributed by atoms with Crippen LogP contribution in [-0.2, 0) is 0 Å². The molecule has 0 aliphatic heterocycles. The van der Waals surface area contributed by atoms with Gasteiger partial charge in [-0.1, -0.05) is 6.07 Å². The maximum atomic E-state index is 10.3. The normalized spacial score (nSPS) is 9.42. The van der Waals surface area contributed by atoms with E-state index in [0.29, 0.717) is 0 Å². The number of nitro groups is 1. The van der Waals surface area contributed by atoms with Crippen LogP contribution in [0.25, 0.3) is 0 Å². The van der Waals surface area contributed by atoms with Crippen molar-refractivity contribution in [1.29, 1.82) is 0 Å². The Kier molecular flexibility index (Phi) is 2.39. The Morgan fingerprint density at radius 2 is 2.25 bits per heavy atom.